The van der Waals surface area contributed by atoms with Crippen molar-refractivity contribution in [3.63, 3.8) is 0 Å². The molecule has 0 unspecified atom stereocenters. The van der Waals surface area contributed by atoms with Gasteiger partial charge >= 0.3 is 17.6 Å². The molecule has 2 aliphatic heterocycles. The number of hydrogen-bond acceptors (Lipinski definition) is 9. The second-order valence-corrected chi connectivity index (χ2v) is 6.06. The summed E-state index contributed by atoms with van der Waals surface area (Å²) in [6.45, 7) is -0.388. The van der Waals surface area contributed by atoms with Gasteiger partial charge in [-0.3, -0.25) is 9.36 Å². The number of carboxylic acids is 1. The Morgan fingerprint density at radius 2 is 2.15 bits per heavy atom. The number of aliphatic carboxylic acids is 1. The normalized spacial score (nSPS) is 32.0. The molecular formula is C14H20F2N4O7. The molecule has 0 aromatic carbocycles. The monoisotopic (exact) mass is 394 g/mol. The molecule has 2 saturated heterocycles. The van der Waals surface area contributed by atoms with Gasteiger partial charge in [0.05, 0.1) is 12.7 Å². The number of nitrogen functional groups attached to an aromatic ring is 1. The Labute approximate surface area is 151 Å². The number of carbonyl (C=O) groups is 1. The molecule has 0 spiro atoms. The van der Waals surface area contributed by atoms with Gasteiger partial charge in [-0.15, -0.1) is 0 Å². The van der Waals surface area contributed by atoms with Gasteiger partial charge in [0.1, 0.15) is 18.0 Å². The highest BCUT2D eigenvalue weighted by atomic mass is 19.3. The van der Waals surface area contributed by atoms with E-state index >= 15 is 0 Å². The van der Waals surface area contributed by atoms with Gasteiger partial charge in [0.25, 0.3) is 0 Å². The topological polar surface area (TPSA) is 180 Å². The van der Waals surface area contributed by atoms with Crippen LogP contribution in [0.5, 0.6) is 0 Å². The predicted molar refractivity (Wildman–Crippen MR) is 84.9 cm³/mol. The lowest BCUT2D eigenvalue weighted by molar-refractivity contribution is -0.141. The number of aliphatic hydroxyl groups excluding tert-OH is 3. The van der Waals surface area contributed by atoms with E-state index in [0.717, 1.165) is 12.3 Å². The number of carboxylic acid groups (broad SMARTS) is 1. The summed E-state index contributed by atoms with van der Waals surface area (Å²) in [5.74, 6) is -4.71. The van der Waals surface area contributed by atoms with Crippen molar-refractivity contribution in [3.05, 3.63) is 22.7 Å². The van der Waals surface area contributed by atoms with Gasteiger partial charge in [0.15, 0.2) is 6.10 Å². The third kappa shape index (κ3) is 4.56. The molecule has 0 bridgehead atoms. The molecule has 3 heterocycles. The van der Waals surface area contributed by atoms with E-state index in [1.54, 1.807) is 0 Å². The fourth-order valence-electron chi connectivity index (χ4n) is 2.63. The van der Waals surface area contributed by atoms with E-state index in [4.69, 9.17) is 25.8 Å². The number of aliphatic hydroxyl groups is 3. The second kappa shape index (κ2) is 8.22. The van der Waals surface area contributed by atoms with Gasteiger partial charge in [-0.2, -0.15) is 13.8 Å². The summed E-state index contributed by atoms with van der Waals surface area (Å²) in [5.41, 5.74) is 4.21. The standard InChI is InChI=1S/C9H11F2N3O4.C5H9NO3/c10-9(11)6(16)4(3-15)18-7(9)14-2-1-5(12)13-8(14)17;7-3-1-4(5(8)9)6-2-3/h1-2,4,6-7,15-16H,3H2,(H2,12,13,17);3-4,6-7H,1-2H2,(H,8,9)/t4-,6-,7-;3-,4-/m10/s1. The lowest BCUT2D eigenvalue weighted by atomic mass is 10.1. The van der Waals surface area contributed by atoms with Crippen molar-refractivity contribution in [1.29, 1.82) is 0 Å². The Balaban J connectivity index is 0.000000244. The highest BCUT2D eigenvalue weighted by Gasteiger charge is 2.59. The number of halogens is 2. The lowest BCUT2D eigenvalue weighted by Crippen LogP contribution is -2.41. The van der Waals surface area contributed by atoms with E-state index in [2.05, 4.69) is 10.3 Å². The molecule has 152 valence electrons. The first-order valence-corrected chi connectivity index (χ1v) is 7.89. The van der Waals surface area contributed by atoms with Crippen molar-refractivity contribution in [3.8, 4) is 0 Å². The van der Waals surface area contributed by atoms with E-state index in [0.29, 0.717) is 17.5 Å². The molecule has 11 nitrogen and oxygen atoms in total. The van der Waals surface area contributed by atoms with E-state index < -0.39 is 54.8 Å². The molecule has 0 amide bonds. The van der Waals surface area contributed by atoms with Gasteiger partial charge in [0, 0.05) is 19.2 Å². The molecule has 0 radical (unpaired) electrons. The van der Waals surface area contributed by atoms with E-state index in [9.17, 15) is 23.5 Å². The number of aromatic nitrogens is 2. The maximum atomic E-state index is 13.7. The van der Waals surface area contributed by atoms with Crippen molar-refractivity contribution in [1.82, 2.24) is 14.9 Å². The van der Waals surface area contributed by atoms with Crippen molar-refractivity contribution >= 4 is 11.8 Å². The molecule has 13 heteroatoms. The van der Waals surface area contributed by atoms with Crippen LogP contribution < -0.4 is 16.7 Å². The number of ether oxygens (including phenoxy) is 1. The minimum absolute atomic E-state index is 0.114. The Morgan fingerprint density at radius 3 is 2.56 bits per heavy atom. The molecule has 27 heavy (non-hydrogen) atoms. The van der Waals surface area contributed by atoms with Crippen LogP contribution in [-0.4, -0.2) is 79.4 Å². The van der Waals surface area contributed by atoms with Crippen LogP contribution in [0.3, 0.4) is 0 Å². The minimum atomic E-state index is -3.71. The second-order valence-electron chi connectivity index (χ2n) is 6.06. The van der Waals surface area contributed by atoms with Crippen molar-refractivity contribution in [2.24, 2.45) is 0 Å². The Hall–Kier alpha value is -2.19. The maximum absolute atomic E-state index is 13.7. The molecule has 0 aliphatic carbocycles. The third-order valence-electron chi connectivity index (χ3n) is 4.07. The molecule has 5 atom stereocenters. The average Bonchev–Trinajstić information content (AvgIpc) is 3.12. The van der Waals surface area contributed by atoms with E-state index in [1.807, 2.05) is 0 Å². The van der Waals surface area contributed by atoms with Gasteiger partial charge < -0.3 is 36.2 Å². The van der Waals surface area contributed by atoms with Crippen LogP contribution in [0.1, 0.15) is 12.6 Å². The zero-order valence-electron chi connectivity index (χ0n) is 13.9. The van der Waals surface area contributed by atoms with Crippen LogP contribution in [0.2, 0.25) is 0 Å². The summed E-state index contributed by atoms with van der Waals surface area (Å²) in [6, 6.07) is 0.611. The number of hydrogen-bond donors (Lipinski definition) is 6. The van der Waals surface area contributed by atoms with Gasteiger partial charge in [-0.1, -0.05) is 0 Å². The molecular weight excluding hydrogens is 374 g/mol. The van der Waals surface area contributed by atoms with Crippen LogP contribution in [0, 0.1) is 0 Å². The van der Waals surface area contributed by atoms with E-state index in [-0.39, 0.29) is 5.82 Å². The average molecular weight is 394 g/mol. The summed E-state index contributed by atoms with van der Waals surface area (Å²) in [7, 11) is 0. The van der Waals surface area contributed by atoms with Crippen LogP contribution >= 0.6 is 0 Å². The number of nitrogens with two attached hydrogens (primary N) is 1. The smallest absolute Gasteiger partial charge is 0.351 e. The highest BCUT2D eigenvalue weighted by molar-refractivity contribution is 5.73. The molecule has 7 N–H and O–H groups in total. The predicted octanol–water partition coefficient (Wildman–Crippen LogP) is -2.49. The largest absolute Gasteiger partial charge is 0.480 e. The number of alkyl halides is 2. The summed E-state index contributed by atoms with van der Waals surface area (Å²) in [5, 5.41) is 37.9. The number of nitrogens with zero attached hydrogens (tertiary/aromatic N) is 2. The zero-order valence-corrected chi connectivity index (χ0v) is 13.9. The quantitative estimate of drug-likeness (QED) is 0.321. The van der Waals surface area contributed by atoms with Crippen LogP contribution in [0.15, 0.2) is 17.1 Å². The van der Waals surface area contributed by atoms with Crippen LogP contribution in [0.4, 0.5) is 14.6 Å². The third-order valence-corrected chi connectivity index (χ3v) is 4.07. The van der Waals surface area contributed by atoms with Gasteiger partial charge in [0.2, 0.25) is 6.23 Å². The maximum Gasteiger partial charge on any atom is 0.351 e. The molecule has 1 aromatic rings. The fraction of sp³-hybridized carbons (Fsp3) is 0.643. The number of rotatable bonds is 3. The zero-order chi connectivity index (χ0) is 20.4. The number of anilines is 1. The van der Waals surface area contributed by atoms with Gasteiger partial charge in [-0.05, 0) is 6.07 Å². The molecule has 3 rings (SSSR count). The number of β-amino-alcohol motifs (C(OH)–C–C–N with tert-alkyl or cyclic N) is 1. The van der Waals surface area contributed by atoms with Crippen molar-refractivity contribution in [2.75, 3.05) is 18.9 Å². The number of nitrogens with one attached hydrogen (secondary N) is 1. The summed E-state index contributed by atoms with van der Waals surface area (Å²) in [4.78, 5) is 24.9. The molecule has 2 aliphatic rings. The summed E-state index contributed by atoms with van der Waals surface area (Å²) < 4.78 is 32.7. The van der Waals surface area contributed by atoms with E-state index in [1.165, 1.54) is 0 Å². The van der Waals surface area contributed by atoms with Gasteiger partial charge in [-0.25, -0.2) is 4.79 Å². The summed E-state index contributed by atoms with van der Waals surface area (Å²) >= 11 is 0. The summed E-state index contributed by atoms with van der Waals surface area (Å²) in [6.07, 6.45) is -4.84. The Bertz CT molecular complexity index is 732. The molecule has 0 saturated carbocycles. The van der Waals surface area contributed by atoms with Crippen molar-refractivity contribution in [2.45, 2.75) is 42.9 Å². The van der Waals surface area contributed by atoms with Crippen LogP contribution in [-0.2, 0) is 9.53 Å². The Morgan fingerprint density at radius 1 is 1.48 bits per heavy atom. The molecule has 1 aromatic heterocycles. The molecule has 2 fully saturated rings. The Kier molecular flexibility index (Phi) is 6.43. The minimum Gasteiger partial charge on any atom is -0.480 e. The van der Waals surface area contributed by atoms with Crippen LogP contribution in [0.25, 0.3) is 0 Å². The van der Waals surface area contributed by atoms with Crippen molar-refractivity contribution < 1.29 is 38.7 Å². The fourth-order valence-corrected chi connectivity index (χ4v) is 2.63. The SMILES string of the molecule is Nc1ccn([C@@H]2O[C@H](CO)[C@@H](O)C2(F)F)c(=O)n1.O=C(O)[C@@H]1C[C@H](O)CN1. The first-order chi connectivity index (χ1) is 12.6. The highest BCUT2D eigenvalue weighted by Crippen LogP contribution is 2.41. The first kappa shape index (κ1) is 21.1. The lowest BCUT2D eigenvalue weighted by Gasteiger charge is -2.20. The first-order valence-electron chi connectivity index (χ1n) is 7.89.